The van der Waals surface area contributed by atoms with Crippen LogP contribution in [0, 0.1) is 5.89 Å². The van der Waals surface area contributed by atoms with Gasteiger partial charge in [0.2, 0.25) is 0 Å². The molecule has 0 rings (SSSR count). The average Bonchev–Trinajstić information content (AvgIpc) is 2.00. The third-order valence-corrected chi connectivity index (χ3v) is 0.749. The van der Waals surface area contributed by atoms with E-state index in [-0.39, 0.29) is 19.3 Å². The molecule has 0 radical (unpaired) electrons. The van der Waals surface area contributed by atoms with Crippen molar-refractivity contribution in [3.05, 3.63) is 0 Å². The SMILES string of the molecule is [2H]C([2H])([2H])C([2H])(CCCC=O)C([2H])([2H])[2H]. The van der Waals surface area contributed by atoms with Gasteiger partial charge in [-0.1, -0.05) is 20.1 Å². The van der Waals surface area contributed by atoms with E-state index in [1.165, 1.54) is 0 Å². The maximum absolute atomic E-state index is 10.0. The molecule has 1 nitrogen and oxygen atoms in total. The van der Waals surface area contributed by atoms with E-state index < -0.39 is 19.6 Å². The van der Waals surface area contributed by atoms with Gasteiger partial charge in [-0.25, -0.2) is 0 Å². The molecule has 1 heteroatoms. The van der Waals surface area contributed by atoms with Crippen LogP contribution in [0.25, 0.3) is 0 Å². The van der Waals surface area contributed by atoms with Crippen LogP contribution >= 0.6 is 0 Å². The van der Waals surface area contributed by atoms with E-state index in [4.69, 9.17) is 9.60 Å². The maximum atomic E-state index is 10.0. The van der Waals surface area contributed by atoms with Crippen LogP contribution in [-0.2, 0) is 4.79 Å². The quantitative estimate of drug-likeness (QED) is 0.411. The lowest BCUT2D eigenvalue weighted by atomic mass is 10.1. The molecule has 0 aliphatic rings. The van der Waals surface area contributed by atoms with Crippen LogP contribution in [0.1, 0.15) is 42.6 Å². The Morgan fingerprint density at radius 1 is 1.88 bits per heavy atom. The second kappa shape index (κ2) is 4.82. The smallest absolute Gasteiger partial charge is 0.119 e. The largest absolute Gasteiger partial charge is 0.303 e. The van der Waals surface area contributed by atoms with Gasteiger partial charge in [-0.05, 0) is 12.3 Å². The van der Waals surface area contributed by atoms with Crippen LogP contribution in [0.2, 0.25) is 0 Å². The summed E-state index contributed by atoms with van der Waals surface area (Å²) in [4.78, 5) is 10.0. The van der Waals surface area contributed by atoms with Crippen molar-refractivity contribution in [2.45, 2.75) is 33.0 Å². The van der Waals surface area contributed by atoms with Gasteiger partial charge in [0.05, 0.1) is 0 Å². The van der Waals surface area contributed by atoms with Crippen molar-refractivity contribution in [3.63, 3.8) is 0 Å². The molecule has 0 saturated carbocycles. The van der Waals surface area contributed by atoms with Crippen molar-refractivity contribution < 1.29 is 14.4 Å². The van der Waals surface area contributed by atoms with Crippen LogP contribution in [-0.4, -0.2) is 6.29 Å². The zero-order chi connectivity index (χ0) is 12.3. The Bertz CT molecular complexity index is 202. The predicted molar refractivity (Wildman–Crippen MR) is 34.8 cm³/mol. The molecule has 0 spiro atoms. The minimum atomic E-state index is -2.87. The van der Waals surface area contributed by atoms with Crippen molar-refractivity contribution in [2.24, 2.45) is 5.89 Å². The van der Waals surface area contributed by atoms with Crippen LogP contribution in [0.4, 0.5) is 0 Å². The van der Waals surface area contributed by atoms with Crippen molar-refractivity contribution in [3.8, 4) is 0 Å². The first-order valence-electron chi connectivity index (χ1n) is 6.00. The van der Waals surface area contributed by atoms with Crippen LogP contribution < -0.4 is 0 Å². The monoisotopic (exact) mass is 121 g/mol. The number of carbonyl (C=O) groups is 1. The minimum Gasteiger partial charge on any atom is -0.303 e. The molecule has 0 unspecified atom stereocenters. The summed E-state index contributed by atoms with van der Waals surface area (Å²) < 4.78 is 50.0. The topological polar surface area (TPSA) is 17.1 Å². The minimum absolute atomic E-state index is 0.0762. The number of aldehydes is 1. The summed E-state index contributed by atoms with van der Waals surface area (Å²) in [5, 5.41) is 0. The molecule has 0 aromatic carbocycles. The number of unbranched alkanes of at least 4 members (excludes halogenated alkanes) is 1. The Labute approximate surface area is 60.9 Å². The molecule has 0 heterocycles. The Hall–Kier alpha value is -0.330. The molecule has 0 aliphatic carbocycles. The van der Waals surface area contributed by atoms with Gasteiger partial charge in [0.15, 0.2) is 0 Å². The molecule has 0 aromatic rings. The molecule has 0 aliphatic heterocycles. The summed E-state index contributed by atoms with van der Waals surface area (Å²) in [6, 6.07) is 0. The molecule has 0 N–H and O–H groups in total. The van der Waals surface area contributed by atoms with Crippen LogP contribution in [0.3, 0.4) is 0 Å². The van der Waals surface area contributed by atoms with Gasteiger partial charge in [0.1, 0.15) is 6.29 Å². The summed E-state index contributed by atoms with van der Waals surface area (Å²) in [5.74, 6) is -2.48. The van der Waals surface area contributed by atoms with E-state index in [0.29, 0.717) is 6.29 Å². The Morgan fingerprint density at radius 2 is 2.62 bits per heavy atom. The van der Waals surface area contributed by atoms with Gasteiger partial charge in [-0.3, -0.25) is 0 Å². The number of hydrogen-bond donors (Lipinski definition) is 0. The average molecular weight is 121 g/mol. The van der Waals surface area contributed by atoms with Crippen molar-refractivity contribution >= 4 is 6.29 Å². The van der Waals surface area contributed by atoms with Crippen molar-refractivity contribution in [2.75, 3.05) is 0 Å². The highest BCUT2D eigenvalue weighted by Crippen LogP contribution is 2.03. The number of carbonyl (C=O) groups excluding carboxylic acids is 1. The van der Waals surface area contributed by atoms with Gasteiger partial charge < -0.3 is 4.79 Å². The Morgan fingerprint density at radius 3 is 3.12 bits per heavy atom. The van der Waals surface area contributed by atoms with Gasteiger partial charge in [0.25, 0.3) is 0 Å². The third-order valence-electron chi connectivity index (χ3n) is 0.749. The van der Waals surface area contributed by atoms with E-state index in [1.54, 1.807) is 0 Å². The summed E-state index contributed by atoms with van der Waals surface area (Å²) in [7, 11) is 0. The lowest BCUT2D eigenvalue weighted by molar-refractivity contribution is -0.107. The number of rotatable bonds is 4. The normalized spacial score (nSPS) is 27.2. The highest BCUT2D eigenvalue weighted by molar-refractivity contribution is 5.48. The second-order valence-corrected chi connectivity index (χ2v) is 1.54. The van der Waals surface area contributed by atoms with Crippen molar-refractivity contribution in [1.82, 2.24) is 0 Å². The molecule has 0 aromatic heterocycles. The van der Waals surface area contributed by atoms with E-state index in [0.717, 1.165) is 0 Å². The second-order valence-electron chi connectivity index (χ2n) is 1.54. The standard InChI is InChI=1S/C7H14O/c1-7(2)5-3-4-6-8/h6-7H,3-5H2,1-2H3/i1D3,2D3,7D. The lowest BCUT2D eigenvalue weighted by Gasteiger charge is -1.98. The van der Waals surface area contributed by atoms with E-state index >= 15 is 0 Å². The predicted octanol–water partition coefficient (Wildman–Crippen LogP) is 2.01. The molecule has 0 atom stereocenters. The molecule has 48 valence electrons. The zero-order valence-electron chi connectivity index (χ0n) is 11.6. The maximum Gasteiger partial charge on any atom is 0.119 e. The third kappa shape index (κ3) is 5.67. The van der Waals surface area contributed by atoms with Crippen LogP contribution in [0.5, 0.6) is 0 Å². The van der Waals surface area contributed by atoms with E-state index in [1.807, 2.05) is 0 Å². The fraction of sp³-hybridized carbons (Fsp3) is 0.857. The molecule has 0 saturated heterocycles. The summed E-state index contributed by atoms with van der Waals surface area (Å²) >= 11 is 0. The zero-order valence-corrected chi connectivity index (χ0v) is 4.61. The highest BCUT2D eigenvalue weighted by atomic mass is 16.1. The van der Waals surface area contributed by atoms with E-state index in [9.17, 15) is 4.79 Å². The molecular formula is C7H14O. The first-order valence-corrected chi connectivity index (χ1v) is 2.50. The lowest BCUT2D eigenvalue weighted by Crippen LogP contribution is -1.86. The molecular weight excluding hydrogens is 100 g/mol. The fourth-order valence-corrected chi connectivity index (χ4v) is 0.362. The Kier molecular flexibility index (Phi) is 1.10. The molecule has 0 bridgehead atoms. The first kappa shape index (κ1) is 1.83. The number of hydrogen-bond acceptors (Lipinski definition) is 1. The van der Waals surface area contributed by atoms with Gasteiger partial charge >= 0.3 is 0 Å². The van der Waals surface area contributed by atoms with Crippen molar-refractivity contribution in [1.29, 1.82) is 0 Å². The molecule has 0 fully saturated rings. The summed E-state index contributed by atoms with van der Waals surface area (Å²) in [6.07, 6.45) is 0.425. The summed E-state index contributed by atoms with van der Waals surface area (Å²) in [5.41, 5.74) is 0. The first-order chi connectivity index (χ1) is 6.56. The van der Waals surface area contributed by atoms with Gasteiger partial charge in [-0.15, -0.1) is 0 Å². The fourth-order valence-electron chi connectivity index (χ4n) is 0.362. The van der Waals surface area contributed by atoms with Crippen LogP contribution in [0.15, 0.2) is 0 Å². The van der Waals surface area contributed by atoms with E-state index in [2.05, 4.69) is 0 Å². The molecule has 8 heavy (non-hydrogen) atoms. The summed E-state index contributed by atoms with van der Waals surface area (Å²) in [6.45, 7) is -5.75. The Balaban J connectivity index is 4.81. The molecule has 0 amide bonds. The van der Waals surface area contributed by atoms with Gasteiger partial charge in [-0.2, -0.15) is 0 Å². The van der Waals surface area contributed by atoms with Gasteiger partial charge in [0, 0.05) is 16.0 Å². The highest BCUT2D eigenvalue weighted by Gasteiger charge is 1.90.